The Hall–Kier alpha value is -4.09. The Morgan fingerprint density at radius 2 is 1.38 bits per heavy atom. The van der Waals surface area contributed by atoms with E-state index in [0.717, 1.165) is 41.5 Å². The van der Waals surface area contributed by atoms with E-state index in [1.54, 1.807) is 12.1 Å². The maximum atomic E-state index is 14.4. The Morgan fingerprint density at radius 1 is 0.750 bits per heavy atom. The Balaban J connectivity index is 1.50. The molecule has 0 amide bonds. The summed E-state index contributed by atoms with van der Waals surface area (Å²) >= 11 is 0. The number of nitrogens with zero attached hydrogens (tertiary/aromatic N) is 2. The van der Waals surface area contributed by atoms with Gasteiger partial charge in [-0.15, -0.1) is 0 Å². The molecule has 0 bridgehead atoms. The van der Waals surface area contributed by atoms with Crippen LogP contribution in [0.2, 0.25) is 0 Å². The molecule has 5 heteroatoms. The predicted octanol–water partition coefficient (Wildman–Crippen LogP) is 7.69. The maximum absolute atomic E-state index is 14.4. The third-order valence-electron chi connectivity index (χ3n) is 7.84. The molecule has 202 valence electrons. The van der Waals surface area contributed by atoms with Gasteiger partial charge in [-0.25, -0.2) is 8.42 Å². The molecule has 0 spiro atoms. The van der Waals surface area contributed by atoms with Crippen molar-refractivity contribution in [1.29, 1.82) is 0 Å². The van der Waals surface area contributed by atoms with Crippen molar-refractivity contribution in [2.75, 3.05) is 6.54 Å². The summed E-state index contributed by atoms with van der Waals surface area (Å²) in [6, 6.07) is 38.5. The zero-order chi connectivity index (χ0) is 27.5. The molecule has 0 saturated carbocycles. The van der Waals surface area contributed by atoms with Crippen molar-refractivity contribution in [3.8, 4) is 0 Å². The first-order valence-electron chi connectivity index (χ1n) is 13.9. The van der Waals surface area contributed by atoms with Gasteiger partial charge in [0.1, 0.15) is 0 Å². The van der Waals surface area contributed by atoms with Gasteiger partial charge in [-0.3, -0.25) is 0 Å². The van der Waals surface area contributed by atoms with Gasteiger partial charge in [0.25, 0.3) is 0 Å². The van der Waals surface area contributed by atoms with Crippen LogP contribution in [-0.4, -0.2) is 24.4 Å². The fraction of sp³-hybridized carbons (Fsp3) is 0.200. The topological polar surface area (TPSA) is 42.3 Å². The Bertz CT molecular complexity index is 1740. The van der Waals surface area contributed by atoms with Gasteiger partial charge in [-0.05, 0) is 60.5 Å². The maximum Gasteiger partial charge on any atom is 0.204 e. The van der Waals surface area contributed by atoms with Crippen LogP contribution in [0.3, 0.4) is 0 Å². The third kappa shape index (κ3) is 5.34. The number of hydrogen-bond donors (Lipinski definition) is 0. The van der Waals surface area contributed by atoms with Crippen LogP contribution < -0.4 is 0 Å². The van der Waals surface area contributed by atoms with Crippen LogP contribution >= 0.6 is 0 Å². The molecule has 1 atom stereocenters. The number of sulfone groups is 1. The standard InChI is InChI=1S/C35H34N2O2S/c1-27-18-20-31(21-19-27)40(38,39)35-26-36(24-28-11-4-2-5-12-28)22-10-16-32(35)34-23-30-15-8-9-17-33(30)37(34)25-29-13-6-3-7-14-29/h2-9,11-15,17-21,23,26,32H,10,16,22,24-25H2,1H3. The van der Waals surface area contributed by atoms with Crippen LogP contribution in [0.25, 0.3) is 10.9 Å². The molecule has 0 fully saturated rings. The SMILES string of the molecule is Cc1ccc(S(=O)(=O)C2=CN(Cc3ccccc3)CCCC2c2cc3ccccc3n2Cc2ccccc2)cc1. The third-order valence-corrected chi connectivity index (χ3v) is 9.75. The van der Waals surface area contributed by atoms with Gasteiger partial charge in [-0.2, -0.15) is 0 Å². The second-order valence-electron chi connectivity index (χ2n) is 10.7. The van der Waals surface area contributed by atoms with Gasteiger partial charge in [0.15, 0.2) is 0 Å². The molecule has 4 nitrogen and oxygen atoms in total. The largest absolute Gasteiger partial charge is 0.372 e. The van der Waals surface area contributed by atoms with Crippen molar-refractivity contribution < 1.29 is 8.42 Å². The van der Waals surface area contributed by atoms with Crippen molar-refractivity contribution in [2.24, 2.45) is 0 Å². The number of allylic oxidation sites excluding steroid dienone is 1. The number of fused-ring (bicyclic) bond motifs is 1. The first-order chi connectivity index (χ1) is 19.5. The molecule has 40 heavy (non-hydrogen) atoms. The van der Waals surface area contributed by atoms with E-state index in [1.165, 1.54) is 11.1 Å². The molecule has 1 unspecified atom stereocenters. The molecule has 6 rings (SSSR count). The molecule has 4 aromatic carbocycles. The van der Waals surface area contributed by atoms with E-state index < -0.39 is 9.84 Å². The Kier molecular flexibility index (Phi) is 7.31. The van der Waals surface area contributed by atoms with Crippen LogP contribution in [-0.2, 0) is 22.9 Å². The van der Waals surface area contributed by atoms with Crippen LogP contribution in [0.4, 0.5) is 0 Å². The van der Waals surface area contributed by atoms with Crippen molar-refractivity contribution in [1.82, 2.24) is 9.47 Å². The highest BCUT2D eigenvalue weighted by molar-refractivity contribution is 7.95. The van der Waals surface area contributed by atoms with Crippen LogP contribution in [0, 0.1) is 6.92 Å². The summed E-state index contributed by atoms with van der Waals surface area (Å²) < 4.78 is 31.1. The average molecular weight is 547 g/mol. The molecular weight excluding hydrogens is 512 g/mol. The molecule has 1 aromatic heterocycles. The highest BCUT2D eigenvalue weighted by Gasteiger charge is 2.34. The van der Waals surface area contributed by atoms with Crippen molar-refractivity contribution in [3.05, 3.63) is 149 Å². The number of benzene rings is 4. The monoisotopic (exact) mass is 546 g/mol. The Labute approximate surface area is 237 Å². The molecule has 2 heterocycles. The molecule has 0 N–H and O–H groups in total. The lowest BCUT2D eigenvalue weighted by atomic mass is 9.99. The minimum absolute atomic E-state index is 0.261. The van der Waals surface area contributed by atoms with Crippen molar-refractivity contribution in [2.45, 2.75) is 43.7 Å². The summed E-state index contributed by atoms with van der Waals surface area (Å²) in [6.07, 6.45) is 3.59. The summed E-state index contributed by atoms with van der Waals surface area (Å²) in [4.78, 5) is 3.00. The quantitative estimate of drug-likeness (QED) is 0.210. The average Bonchev–Trinajstić information content (AvgIpc) is 3.18. The molecule has 5 aromatic rings. The predicted molar refractivity (Wildman–Crippen MR) is 163 cm³/mol. The summed E-state index contributed by atoms with van der Waals surface area (Å²) in [7, 11) is -3.75. The number of hydrogen-bond acceptors (Lipinski definition) is 3. The lowest BCUT2D eigenvalue weighted by Crippen LogP contribution is -2.20. The number of aromatic nitrogens is 1. The molecule has 0 saturated heterocycles. The van der Waals surface area contributed by atoms with E-state index in [9.17, 15) is 8.42 Å². The number of aryl methyl sites for hydroxylation is 1. The van der Waals surface area contributed by atoms with E-state index in [0.29, 0.717) is 22.9 Å². The zero-order valence-corrected chi connectivity index (χ0v) is 23.6. The van der Waals surface area contributed by atoms with Crippen molar-refractivity contribution >= 4 is 20.7 Å². The summed E-state index contributed by atoms with van der Waals surface area (Å²) in [6.45, 7) is 4.14. The van der Waals surface area contributed by atoms with Gasteiger partial charge < -0.3 is 9.47 Å². The van der Waals surface area contributed by atoms with E-state index in [2.05, 4.69) is 70.1 Å². The smallest absolute Gasteiger partial charge is 0.204 e. The van der Waals surface area contributed by atoms with Gasteiger partial charge in [0, 0.05) is 43.0 Å². The second-order valence-corrected chi connectivity index (χ2v) is 12.6. The van der Waals surface area contributed by atoms with Crippen LogP contribution in [0.15, 0.2) is 131 Å². The molecule has 1 aliphatic rings. The normalized spacial score (nSPS) is 16.1. The van der Waals surface area contributed by atoms with Crippen molar-refractivity contribution in [3.63, 3.8) is 0 Å². The summed E-state index contributed by atoms with van der Waals surface area (Å²) in [5.41, 5.74) is 5.57. The van der Waals surface area contributed by atoms with E-state index in [4.69, 9.17) is 0 Å². The van der Waals surface area contributed by atoms with Crippen LogP contribution in [0.1, 0.15) is 41.1 Å². The molecule has 0 aliphatic carbocycles. The highest BCUT2D eigenvalue weighted by Crippen LogP contribution is 2.40. The fourth-order valence-electron chi connectivity index (χ4n) is 5.78. The minimum Gasteiger partial charge on any atom is -0.372 e. The number of para-hydroxylation sites is 1. The van der Waals surface area contributed by atoms with E-state index in [1.807, 2.05) is 55.6 Å². The second kappa shape index (κ2) is 11.2. The minimum atomic E-state index is -3.75. The van der Waals surface area contributed by atoms with Gasteiger partial charge in [0.05, 0.1) is 9.80 Å². The molecule has 0 radical (unpaired) electrons. The van der Waals surface area contributed by atoms with E-state index >= 15 is 0 Å². The first-order valence-corrected chi connectivity index (χ1v) is 15.4. The van der Waals surface area contributed by atoms with E-state index in [-0.39, 0.29) is 5.92 Å². The fourth-order valence-corrected chi connectivity index (χ4v) is 7.45. The van der Waals surface area contributed by atoms with Gasteiger partial charge in [-0.1, -0.05) is 96.6 Å². The lowest BCUT2D eigenvalue weighted by molar-refractivity contribution is 0.366. The molecular formula is C35H34N2O2S. The Morgan fingerprint density at radius 3 is 2.08 bits per heavy atom. The van der Waals surface area contributed by atoms with Crippen LogP contribution in [0.5, 0.6) is 0 Å². The molecule has 1 aliphatic heterocycles. The summed E-state index contributed by atoms with van der Waals surface area (Å²) in [5.74, 6) is -0.261. The zero-order valence-electron chi connectivity index (χ0n) is 22.8. The van der Waals surface area contributed by atoms with Gasteiger partial charge in [0.2, 0.25) is 9.84 Å². The highest BCUT2D eigenvalue weighted by atomic mass is 32.2. The van der Waals surface area contributed by atoms with Gasteiger partial charge >= 0.3 is 0 Å². The summed E-state index contributed by atoms with van der Waals surface area (Å²) in [5, 5.41) is 1.13. The first kappa shape index (κ1) is 26.1. The lowest BCUT2D eigenvalue weighted by Gasteiger charge is -2.23. The number of rotatable bonds is 7.